The van der Waals surface area contributed by atoms with E-state index < -0.39 is 5.41 Å². The minimum absolute atomic E-state index is 0.0232. The lowest BCUT2D eigenvalue weighted by Crippen LogP contribution is -2.48. The Balaban J connectivity index is 1.70. The number of fused-ring (bicyclic) bond motifs is 6. The average Bonchev–Trinajstić information content (AvgIpc) is 2.99. The van der Waals surface area contributed by atoms with Crippen molar-refractivity contribution in [3.8, 4) is 0 Å². The number of amides is 1. The summed E-state index contributed by atoms with van der Waals surface area (Å²) < 4.78 is 1.12. The van der Waals surface area contributed by atoms with E-state index in [9.17, 15) is 4.79 Å². The van der Waals surface area contributed by atoms with E-state index in [2.05, 4.69) is 48.7 Å². The van der Waals surface area contributed by atoms with Crippen molar-refractivity contribution in [2.75, 3.05) is 5.32 Å². The molecular formula is C23H20Cl2IN3O. The number of benzene rings is 2. The predicted molar refractivity (Wildman–Crippen MR) is 129 cm³/mol. The minimum Gasteiger partial charge on any atom is -0.325 e. The van der Waals surface area contributed by atoms with Gasteiger partial charge in [-0.2, -0.15) is 0 Å². The molecule has 1 amide bonds. The number of anilines is 1. The summed E-state index contributed by atoms with van der Waals surface area (Å²) >= 11 is 14.7. The Labute approximate surface area is 198 Å². The molecule has 1 fully saturated rings. The molecule has 2 aliphatic carbocycles. The molecular weight excluding hydrogens is 532 g/mol. The summed E-state index contributed by atoms with van der Waals surface area (Å²) in [7, 11) is 0. The summed E-state index contributed by atoms with van der Waals surface area (Å²) in [5, 5.41) is 4.04. The lowest BCUT2D eigenvalue weighted by molar-refractivity contribution is -0.125. The van der Waals surface area contributed by atoms with E-state index in [-0.39, 0.29) is 16.7 Å². The minimum atomic E-state index is -0.757. The van der Waals surface area contributed by atoms with Crippen LogP contribution in [0.5, 0.6) is 0 Å². The molecule has 0 aliphatic heterocycles. The highest BCUT2D eigenvalue weighted by Crippen LogP contribution is 2.70. The maximum absolute atomic E-state index is 13.8. The van der Waals surface area contributed by atoms with Crippen LogP contribution in [0.1, 0.15) is 45.0 Å². The molecule has 7 heteroatoms. The molecule has 1 saturated carbocycles. The van der Waals surface area contributed by atoms with Gasteiger partial charge in [0.25, 0.3) is 0 Å². The van der Waals surface area contributed by atoms with Crippen molar-refractivity contribution < 1.29 is 4.79 Å². The largest absolute Gasteiger partial charge is 0.325 e. The molecule has 2 aliphatic rings. The Hall–Kier alpha value is -1.44. The number of aromatic nitrogens is 2. The Kier molecular flexibility index (Phi) is 4.45. The standard InChI is InChI=1S/C23H20Cl2IN3O/c1-21(2)22(3)8-9-23(21,20(30)27-13-6-4-12(26)5-7-13)19-18(22)28-16-10-14(24)15(25)11-17(16)29-19/h4-7,10-11H,8-9H2,1-3H3,(H,27,30). The van der Waals surface area contributed by atoms with E-state index in [1.165, 1.54) is 0 Å². The van der Waals surface area contributed by atoms with Crippen molar-refractivity contribution >= 4 is 68.4 Å². The topological polar surface area (TPSA) is 54.9 Å². The third-order valence-electron chi connectivity index (χ3n) is 7.57. The first-order valence-corrected chi connectivity index (χ1v) is 11.7. The molecule has 3 aromatic rings. The zero-order valence-corrected chi connectivity index (χ0v) is 20.5. The van der Waals surface area contributed by atoms with Crippen LogP contribution in [0.4, 0.5) is 5.69 Å². The fraction of sp³-hybridized carbons (Fsp3) is 0.348. The number of rotatable bonds is 2. The molecule has 1 N–H and O–H groups in total. The van der Waals surface area contributed by atoms with Gasteiger partial charge in [-0.15, -0.1) is 0 Å². The number of hydrogen-bond donors (Lipinski definition) is 1. The second-order valence-corrected chi connectivity index (χ2v) is 11.1. The Bertz CT molecular complexity index is 1230. The lowest BCUT2D eigenvalue weighted by Gasteiger charge is -2.39. The van der Waals surface area contributed by atoms with E-state index in [1.807, 2.05) is 24.3 Å². The molecule has 2 bridgehead atoms. The summed E-state index contributed by atoms with van der Waals surface area (Å²) in [5.74, 6) is -0.0232. The van der Waals surface area contributed by atoms with Crippen molar-refractivity contribution in [1.29, 1.82) is 0 Å². The Morgan fingerprint density at radius 3 is 2.13 bits per heavy atom. The van der Waals surface area contributed by atoms with E-state index in [4.69, 9.17) is 33.2 Å². The molecule has 2 unspecified atom stereocenters. The second-order valence-electron chi connectivity index (χ2n) is 9.00. The molecule has 1 heterocycles. The fourth-order valence-electron chi connectivity index (χ4n) is 5.37. The average molecular weight is 552 g/mol. The molecule has 2 atom stereocenters. The van der Waals surface area contributed by atoms with Crippen molar-refractivity contribution in [3.05, 3.63) is 61.4 Å². The second kappa shape index (κ2) is 6.53. The van der Waals surface area contributed by atoms with Gasteiger partial charge < -0.3 is 5.32 Å². The molecule has 0 saturated heterocycles. The first-order chi connectivity index (χ1) is 14.1. The molecule has 2 aromatic carbocycles. The van der Waals surface area contributed by atoms with Gasteiger partial charge in [-0.05, 0) is 77.2 Å². The Morgan fingerprint density at radius 2 is 1.53 bits per heavy atom. The summed E-state index contributed by atoms with van der Waals surface area (Å²) in [6.07, 6.45) is 1.62. The first kappa shape index (κ1) is 20.5. The van der Waals surface area contributed by atoms with Gasteiger partial charge in [0.05, 0.1) is 37.9 Å². The highest BCUT2D eigenvalue weighted by Gasteiger charge is 2.73. The zero-order chi connectivity index (χ0) is 21.5. The molecule has 154 valence electrons. The van der Waals surface area contributed by atoms with Gasteiger partial charge in [-0.25, -0.2) is 9.97 Å². The van der Waals surface area contributed by atoms with Crippen molar-refractivity contribution in [1.82, 2.24) is 9.97 Å². The van der Waals surface area contributed by atoms with Crippen molar-refractivity contribution in [2.45, 2.75) is 44.4 Å². The van der Waals surface area contributed by atoms with Crippen LogP contribution in [-0.4, -0.2) is 15.9 Å². The molecule has 0 spiro atoms. The Morgan fingerprint density at radius 1 is 0.967 bits per heavy atom. The van der Waals surface area contributed by atoms with Crippen LogP contribution in [0.2, 0.25) is 10.0 Å². The third-order valence-corrected chi connectivity index (χ3v) is 9.01. The maximum atomic E-state index is 13.8. The van der Waals surface area contributed by atoms with Gasteiger partial charge >= 0.3 is 0 Å². The normalized spacial score (nSPS) is 26.1. The van der Waals surface area contributed by atoms with Crippen LogP contribution < -0.4 is 5.32 Å². The number of nitrogens with zero attached hydrogens (tertiary/aromatic N) is 2. The fourth-order valence-corrected chi connectivity index (χ4v) is 6.05. The van der Waals surface area contributed by atoms with Crippen molar-refractivity contribution in [2.24, 2.45) is 5.41 Å². The molecule has 4 nitrogen and oxygen atoms in total. The lowest BCUT2D eigenvalue weighted by atomic mass is 9.63. The highest BCUT2D eigenvalue weighted by atomic mass is 127. The van der Waals surface area contributed by atoms with Gasteiger partial charge in [0.1, 0.15) is 0 Å². The number of carbonyl (C=O) groups excluding carboxylic acids is 1. The quantitative estimate of drug-likeness (QED) is 0.369. The number of carbonyl (C=O) groups is 1. The van der Waals surface area contributed by atoms with E-state index in [0.29, 0.717) is 21.1 Å². The van der Waals surface area contributed by atoms with E-state index in [0.717, 1.165) is 33.5 Å². The maximum Gasteiger partial charge on any atom is 0.237 e. The monoisotopic (exact) mass is 551 g/mol. The van der Waals surface area contributed by atoms with Crippen LogP contribution >= 0.6 is 45.8 Å². The van der Waals surface area contributed by atoms with Crippen LogP contribution in [0.25, 0.3) is 11.0 Å². The number of hydrogen-bond acceptors (Lipinski definition) is 3. The summed E-state index contributed by atoms with van der Waals surface area (Å²) in [6, 6.07) is 11.3. The van der Waals surface area contributed by atoms with E-state index in [1.54, 1.807) is 12.1 Å². The predicted octanol–water partition coefficient (Wildman–Crippen LogP) is 6.51. The van der Waals surface area contributed by atoms with Gasteiger partial charge in [0.2, 0.25) is 5.91 Å². The smallest absolute Gasteiger partial charge is 0.237 e. The van der Waals surface area contributed by atoms with Crippen molar-refractivity contribution in [3.63, 3.8) is 0 Å². The summed E-state index contributed by atoms with van der Waals surface area (Å²) in [4.78, 5) is 23.8. The van der Waals surface area contributed by atoms with E-state index >= 15 is 0 Å². The summed E-state index contributed by atoms with van der Waals surface area (Å²) in [5.41, 5.74) is 2.48. The molecule has 0 radical (unpaired) electrons. The van der Waals surface area contributed by atoms with Gasteiger partial charge in [0.15, 0.2) is 0 Å². The highest BCUT2D eigenvalue weighted by molar-refractivity contribution is 14.1. The molecule has 5 rings (SSSR count). The molecule has 30 heavy (non-hydrogen) atoms. The SMILES string of the molecule is CC12CCC(C(=O)Nc3ccc(I)cc3)(c3nc4cc(Cl)c(Cl)cc4nc31)C2(C)C. The van der Waals surface area contributed by atoms with Crippen LogP contribution in [0.3, 0.4) is 0 Å². The number of nitrogens with one attached hydrogen (secondary N) is 1. The van der Waals surface area contributed by atoms with Gasteiger partial charge in [0, 0.05) is 14.7 Å². The van der Waals surface area contributed by atoms with Gasteiger partial charge in [-0.1, -0.05) is 44.0 Å². The molecule has 1 aromatic heterocycles. The summed E-state index contributed by atoms with van der Waals surface area (Å²) in [6.45, 7) is 6.54. The number of halogens is 3. The van der Waals surface area contributed by atoms with Gasteiger partial charge in [-0.3, -0.25) is 4.79 Å². The zero-order valence-electron chi connectivity index (χ0n) is 16.8. The van der Waals surface area contributed by atoms with Crippen LogP contribution in [0, 0.1) is 8.99 Å². The van der Waals surface area contributed by atoms with Crippen LogP contribution in [-0.2, 0) is 15.6 Å². The third kappa shape index (κ3) is 2.49. The first-order valence-electron chi connectivity index (χ1n) is 9.85. The van der Waals surface area contributed by atoms with Crippen LogP contribution in [0.15, 0.2) is 36.4 Å².